The van der Waals surface area contributed by atoms with E-state index in [0.717, 1.165) is 69.4 Å². The highest BCUT2D eigenvalue weighted by Crippen LogP contribution is 2.44. The number of hydrogen-bond acceptors (Lipinski definition) is 4. The first-order valence-electron chi connectivity index (χ1n) is 13.7. The molecule has 194 valence electrons. The predicted octanol–water partition coefficient (Wildman–Crippen LogP) is 5.51. The molecule has 3 aliphatic heterocycles. The molecule has 1 aromatic heterocycles. The summed E-state index contributed by atoms with van der Waals surface area (Å²) in [6, 6.07) is 16.0. The largest absolute Gasteiger partial charge is 0.371 e. The van der Waals surface area contributed by atoms with Crippen molar-refractivity contribution in [3.05, 3.63) is 93.8 Å². The average molecular weight is 527 g/mol. The van der Waals surface area contributed by atoms with Crippen LogP contribution in [0.4, 0.5) is 5.69 Å². The van der Waals surface area contributed by atoms with E-state index in [-0.39, 0.29) is 23.3 Å². The molecule has 2 aromatic carbocycles. The van der Waals surface area contributed by atoms with Crippen LogP contribution in [0.3, 0.4) is 0 Å². The summed E-state index contributed by atoms with van der Waals surface area (Å²) in [5, 5.41) is 0.528. The number of piperidine rings is 1. The van der Waals surface area contributed by atoms with Crippen LogP contribution >= 0.6 is 11.6 Å². The van der Waals surface area contributed by atoms with Gasteiger partial charge in [0.1, 0.15) is 0 Å². The molecule has 7 heteroatoms. The summed E-state index contributed by atoms with van der Waals surface area (Å²) in [6.07, 6.45) is 8.77. The molecule has 1 aliphatic carbocycles. The highest BCUT2D eigenvalue weighted by Gasteiger charge is 2.43. The van der Waals surface area contributed by atoms with Crippen molar-refractivity contribution in [1.82, 2.24) is 14.8 Å². The van der Waals surface area contributed by atoms with E-state index in [1.54, 1.807) is 6.07 Å². The Hall–Kier alpha value is -3.38. The second-order valence-electron chi connectivity index (χ2n) is 11.3. The third-order valence-corrected chi connectivity index (χ3v) is 9.62. The molecule has 1 spiro atoms. The summed E-state index contributed by atoms with van der Waals surface area (Å²) in [7, 11) is 0. The lowest BCUT2D eigenvalue weighted by molar-refractivity contribution is 0.0700. The minimum atomic E-state index is 0.0148. The van der Waals surface area contributed by atoms with Crippen LogP contribution in [0.25, 0.3) is 0 Å². The lowest BCUT2D eigenvalue weighted by Crippen LogP contribution is -2.42. The van der Waals surface area contributed by atoms with Gasteiger partial charge in [0, 0.05) is 56.4 Å². The fourth-order valence-electron chi connectivity index (χ4n) is 7.14. The number of carbonyl (C=O) groups excluding carboxylic acids is 2. The van der Waals surface area contributed by atoms with Gasteiger partial charge >= 0.3 is 0 Å². The van der Waals surface area contributed by atoms with Crippen molar-refractivity contribution in [2.75, 3.05) is 31.1 Å². The number of benzene rings is 2. The molecule has 3 aromatic rings. The first kappa shape index (κ1) is 23.7. The standard InChI is InChI=1S/C31H31ClN4O2/c32-26-3-1-2-23-19-36(30(38)28(23)26)27-7-5-21-18-22(4-6-25(21)27)29(37)35-17-12-31(20-35)10-15-34(16-11-31)24-8-13-33-14-9-24/h1-4,6,8-9,13-14,18,27H,5,7,10-12,15-17,19-20H2/t27-/m0/s1. The van der Waals surface area contributed by atoms with E-state index in [1.165, 1.54) is 16.8 Å². The summed E-state index contributed by atoms with van der Waals surface area (Å²) in [6.45, 7) is 4.31. The Morgan fingerprint density at radius 2 is 1.76 bits per heavy atom. The number of fused-ring (bicyclic) bond motifs is 2. The number of likely N-dealkylation sites (tertiary alicyclic amines) is 1. The van der Waals surface area contributed by atoms with Gasteiger partial charge in [0.25, 0.3) is 11.8 Å². The minimum absolute atomic E-state index is 0.0148. The lowest BCUT2D eigenvalue weighted by Gasteiger charge is -2.40. The Morgan fingerprint density at radius 1 is 0.974 bits per heavy atom. The molecular weight excluding hydrogens is 496 g/mol. The fourth-order valence-corrected chi connectivity index (χ4v) is 7.41. The zero-order valence-corrected chi connectivity index (χ0v) is 22.2. The van der Waals surface area contributed by atoms with E-state index >= 15 is 0 Å². The van der Waals surface area contributed by atoms with Crippen molar-refractivity contribution in [2.24, 2.45) is 5.41 Å². The third-order valence-electron chi connectivity index (χ3n) is 9.31. The van der Waals surface area contributed by atoms with Crippen LogP contribution in [0.5, 0.6) is 0 Å². The normalized spacial score (nSPS) is 21.8. The fraction of sp³-hybridized carbons (Fsp3) is 0.387. The van der Waals surface area contributed by atoms with Crippen molar-refractivity contribution in [2.45, 2.75) is 44.7 Å². The molecule has 4 heterocycles. The molecular formula is C31H31ClN4O2. The topological polar surface area (TPSA) is 56.8 Å². The van der Waals surface area contributed by atoms with Crippen molar-refractivity contribution in [3.8, 4) is 0 Å². The number of hydrogen-bond donors (Lipinski definition) is 0. The molecule has 2 saturated heterocycles. The van der Waals surface area contributed by atoms with E-state index in [0.29, 0.717) is 17.1 Å². The maximum Gasteiger partial charge on any atom is 0.256 e. The van der Waals surface area contributed by atoms with Gasteiger partial charge in [-0.15, -0.1) is 0 Å². The van der Waals surface area contributed by atoms with Gasteiger partial charge in [-0.05, 0) is 84.5 Å². The summed E-state index contributed by atoms with van der Waals surface area (Å²) >= 11 is 6.35. The predicted molar refractivity (Wildman–Crippen MR) is 147 cm³/mol. The van der Waals surface area contributed by atoms with Crippen LogP contribution in [0.15, 0.2) is 60.9 Å². The quantitative estimate of drug-likeness (QED) is 0.451. The van der Waals surface area contributed by atoms with Crippen LogP contribution in [0.2, 0.25) is 5.02 Å². The third kappa shape index (κ3) is 3.89. The number of halogens is 1. The molecule has 0 bridgehead atoms. The summed E-state index contributed by atoms with van der Waals surface area (Å²) in [5.74, 6) is 0.155. The van der Waals surface area contributed by atoms with E-state index in [9.17, 15) is 9.59 Å². The Balaban J connectivity index is 1.03. The molecule has 0 N–H and O–H groups in total. The molecule has 38 heavy (non-hydrogen) atoms. The van der Waals surface area contributed by atoms with E-state index in [4.69, 9.17) is 11.6 Å². The van der Waals surface area contributed by atoms with Crippen LogP contribution in [-0.2, 0) is 13.0 Å². The van der Waals surface area contributed by atoms with Gasteiger partial charge < -0.3 is 14.7 Å². The second-order valence-corrected chi connectivity index (χ2v) is 11.8. The number of rotatable bonds is 3. The number of anilines is 1. The Morgan fingerprint density at radius 3 is 2.55 bits per heavy atom. The van der Waals surface area contributed by atoms with E-state index in [2.05, 4.69) is 39.0 Å². The zero-order chi connectivity index (χ0) is 25.9. The Labute approximate surface area is 228 Å². The molecule has 6 nitrogen and oxygen atoms in total. The number of pyridine rings is 1. The first-order chi connectivity index (χ1) is 18.5. The number of amides is 2. The minimum Gasteiger partial charge on any atom is -0.371 e. The summed E-state index contributed by atoms with van der Waals surface area (Å²) < 4.78 is 0. The van der Waals surface area contributed by atoms with Gasteiger partial charge in [-0.1, -0.05) is 29.8 Å². The van der Waals surface area contributed by atoms with Gasteiger partial charge in [-0.25, -0.2) is 0 Å². The Kier molecular flexibility index (Phi) is 5.69. The average Bonchev–Trinajstić information content (AvgIpc) is 3.65. The lowest BCUT2D eigenvalue weighted by atomic mass is 9.77. The SMILES string of the molecule is O=C(c1ccc2c(c1)CC[C@@H]2N1Cc2cccc(Cl)c2C1=O)N1CCC2(CCN(c3ccncc3)CC2)C1. The van der Waals surface area contributed by atoms with Gasteiger partial charge in [0.05, 0.1) is 16.6 Å². The van der Waals surface area contributed by atoms with E-state index in [1.807, 2.05) is 35.5 Å². The highest BCUT2D eigenvalue weighted by molar-refractivity contribution is 6.34. The van der Waals surface area contributed by atoms with E-state index < -0.39 is 0 Å². The highest BCUT2D eigenvalue weighted by atomic mass is 35.5. The van der Waals surface area contributed by atoms with Gasteiger partial charge in [-0.2, -0.15) is 0 Å². The van der Waals surface area contributed by atoms with Crippen LogP contribution in [0.1, 0.15) is 69.1 Å². The molecule has 0 saturated carbocycles. The smallest absolute Gasteiger partial charge is 0.256 e. The van der Waals surface area contributed by atoms with Gasteiger partial charge in [0.15, 0.2) is 0 Å². The summed E-state index contributed by atoms with van der Waals surface area (Å²) in [5.41, 5.74) is 6.24. The molecule has 0 radical (unpaired) electrons. The molecule has 7 rings (SSSR count). The molecule has 2 amide bonds. The number of aryl methyl sites for hydroxylation is 1. The molecule has 0 unspecified atom stereocenters. The summed E-state index contributed by atoms with van der Waals surface area (Å²) in [4.78, 5) is 37.3. The Bertz CT molecular complexity index is 1420. The maximum atomic E-state index is 13.6. The van der Waals surface area contributed by atoms with Crippen molar-refractivity contribution in [3.63, 3.8) is 0 Å². The number of aromatic nitrogens is 1. The van der Waals surface area contributed by atoms with Crippen molar-refractivity contribution >= 4 is 29.1 Å². The zero-order valence-electron chi connectivity index (χ0n) is 21.4. The second kappa shape index (κ2) is 9.12. The number of carbonyl (C=O) groups is 2. The molecule has 2 fully saturated rings. The van der Waals surface area contributed by atoms with Crippen molar-refractivity contribution in [1.29, 1.82) is 0 Å². The van der Waals surface area contributed by atoms with Crippen LogP contribution in [0, 0.1) is 5.41 Å². The molecule has 1 atom stereocenters. The van der Waals surface area contributed by atoms with Crippen LogP contribution < -0.4 is 4.90 Å². The van der Waals surface area contributed by atoms with Crippen molar-refractivity contribution < 1.29 is 9.59 Å². The first-order valence-corrected chi connectivity index (χ1v) is 14.0. The van der Waals surface area contributed by atoms with Crippen LogP contribution in [-0.4, -0.2) is 52.8 Å². The molecule has 4 aliphatic rings. The van der Waals surface area contributed by atoms with Gasteiger partial charge in [-0.3, -0.25) is 14.6 Å². The number of nitrogens with zero attached hydrogens (tertiary/aromatic N) is 4. The maximum absolute atomic E-state index is 13.6. The monoisotopic (exact) mass is 526 g/mol. The van der Waals surface area contributed by atoms with Gasteiger partial charge in [0.2, 0.25) is 0 Å².